The smallest absolute Gasteiger partial charge is 0.255 e. The van der Waals surface area contributed by atoms with E-state index in [-0.39, 0.29) is 55.3 Å². The van der Waals surface area contributed by atoms with Crippen LogP contribution in [0.25, 0.3) is 0 Å². The predicted molar refractivity (Wildman–Crippen MR) is 134 cm³/mol. The van der Waals surface area contributed by atoms with Crippen molar-refractivity contribution in [1.82, 2.24) is 15.5 Å². The molecule has 1 saturated carbocycles. The fraction of sp³-hybridized carbons (Fsp3) is 0.679. The van der Waals surface area contributed by atoms with Gasteiger partial charge >= 0.3 is 0 Å². The molecule has 2 N–H and O–H groups in total. The number of carbonyl (C=O) groups excluding carboxylic acids is 3. The lowest BCUT2D eigenvalue weighted by Crippen LogP contribution is -2.52. The van der Waals surface area contributed by atoms with Gasteiger partial charge in [-0.15, -0.1) is 0 Å². The largest absolute Gasteiger partial charge is 0.376 e. The van der Waals surface area contributed by atoms with Crippen molar-refractivity contribution in [2.75, 3.05) is 6.61 Å². The fourth-order valence-electron chi connectivity index (χ4n) is 6.31. The maximum Gasteiger partial charge on any atom is 0.255 e. The summed E-state index contributed by atoms with van der Waals surface area (Å²) in [6.07, 6.45) is 7.47. The van der Waals surface area contributed by atoms with Gasteiger partial charge < -0.3 is 19.7 Å². The number of piperidine rings is 1. The Morgan fingerprint density at radius 3 is 2.65 bits per heavy atom. The fourth-order valence-corrected chi connectivity index (χ4v) is 6.31. The zero-order valence-corrected chi connectivity index (χ0v) is 21.8. The topological polar surface area (TPSA) is 97.0 Å². The van der Waals surface area contributed by atoms with Gasteiger partial charge in [0.25, 0.3) is 5.91 Å². The van der Waals surface area contributed by atoms with Crippen LogP contribution < -0.4 is 10.6 Å². The van der Waals surface area contributed by atoms with E-state index in [1.165, 1.54) is 4.90 Å². The van der Waals surface area contributed by atoms with E-state index in [0.29, 0.717) is 41.9 Å². The molecule has 3 aliphatic heterocycles. The van der Waals surface area contributed by atoms with E-state index in [4.69, 9.17) is 9.47 Å². The van der Waals surface area contributed by atoms with Crippen molar-refractivity contribution in [3.63, 3.8) is 0 Å². The van der Waals surface area contributed by atoms with Crippen molar-refractivity contribution >= 4 is 17.7 Å². The summed E-state index contributed by atoms with van der Waals surface area (Å²) in [5.41, 5.74) is 1.16. The average Bonchev–Trinajstić information content (AvgIpc) is 3.20. The summed E-state index contributed by atoms with van der Waals surface area (Å²) in [4.78, 5) is 38.2. The Hall–Kier alpha value is -2.36. The Balaban J connectivity index is 1.23. The van der Waals surface area contributed by atoms with Crippen LogP contribution in [0.1, 0.15) is 86.7 Å². The number of nitrogens with one attached hydrogen (secondary N) is 2. The maximum absolute atomic E-state index is 15.7. The SMILES string of the molecule is CC(C)OC1CCC(N[C@H]2CCCO[C@@H]2Cc2ccc3c(c2F)CN(C2CCC(=O)NC2=O)C3=O)CC1. The first-order valence-corrected chi connectivity index (χ1v) is 13.8. The van der Waals surface area contributed by atoms with Crippen molar-refractivity contribution in [2.24, 2.45) is 0 Å². The second-order valence-corrected chi connectivity index (χ2v) is 11.2. The molecule has 1 unspecified atom stereocenters. The van der Waals surface area contributed by atoms with E-state index in [1.807, 2.05) is 0 Å². The zero-order valence-electron chi connectivity index (χ0n) is 21.8. The Morgan fingerprint density at radius 2 is 1.92 bits per heavy atom. The van der Waals surface area contributed by atoms with E-state index < -0.39 is 11.9 Å². The normalized spacial score (nSPS) is 30.5. The van der Waals surface area contributed by atoms with Crippen LogP contribution in [0.5, 0.6) is 0 Å². The maximum atomic E-state index is 15.7. The van der Waals surface area contributed by atoms with Crippen molar-refractivity contribution in [3.05, 3.63) is 34.6 Å². The number of halogens is 1. The third-order valence-electron chi connectivity index (χ3n) is 8.18. The average molecular weight is 516 g/mol. The number of ether oxygens (including phenoxy) is 2. The molecule has 9 heteroatoms. The van der Waals surface area contributed by atoms with Crippen LogP contribution in [0.2, 0.25) is 0 Å². The number of amides is 3. The minimum Gasteiger partial charge on any atom is -0.376 e. The minimum absolute atomic E-state index is 0.0367. The Labute approximate surface area is 217 Å². The molecule has 8 nitrogen and oxygen atoms in total. The molecule has 1 aliphatic carbocycles. The molecule has 37 heavy (non-hydrogen) atoms. The molecule has 0 radical (unpaired) electrons. The number of fused-ring (bicyclic) bond motifs is 1. The predicted octanol–water partition coefficient (Wildman–Crippen LogP) is 3.00. The van der Waals surface area contributed by atoms with Gasteiger partial charge in [0, 0.05) is 42.7 Å². The molecule has 3 fully saturated rings. The Bertz CT molecular complexity index is 1040. The molecular formula is C28H38FN3O5. The van der Waals surface area contributed by atoms with Gasteiger partial charge in [0.2, 0.25) is 11.8 Å². The molecule has 2 saturated heterocycles. The summed E-state index contributed by atoms with van der Waals surface area (Å²) in [7, 11) is 0. The highest BCUT2D eigenvalue weighted by Gasteiger charge is 2.41. The second-order valence-electron chi connectivity index (χ2n) is 11.2. The second kappa shape index (κ2) is 11.2. The van der Waals surface area contributed by atoms with E-state index in [0.717, 1.165) is 38.5 Å². The summed E-state index contributed by atoms with van der Waals surface area (Å²) < 4.78 is 27.8. The first kappa shape index (κ1) is 26.3. The quantitative estimate of drug-likeness (QED) is 0.542. The third kappa shape index (κ3) is 5.73. The highest BCUT2D eigenvalue weighted by Crippen LogP contribution is 2.32. The third-order valence-corrected chi connectivity index (χ3v) is 8.18. The van der Waals surface area contributed by atoms with Gasteiger partial charge in [-0.25, -0.2) is 4.39 Å². The Morgan fingerprint density at radius 1 is 1.14 bits per heavy atom. The molecule has 4 aliphatic rings. The number of nitrogens with zero attached hydrogens (tertiary/aromatic N) is 1. The molecule has 3 heterocycles. The number of benzene rings is 1. The molecular weight excluding hydrogens is 477 g/mol. The molecule has 0 aromatic heterocycles. The first-order valence-electron chi connectivity index (χ1n) is 13.8. The number of carbonyl (C=O) groups is 3. The lowest BCUT2D eigenvalue weighted by molar-refractivity contribution is -0.136. The first-order chi connectivity index (χ1) is 17.8. The molecule has 5 rings (SSSR count). The van der Waals surface area contributed by atoms with Gasteiger partial charge in [-0.2, -0.15) is 0 Å². The number of imide groups is 1. The van der Waals surface area contributed by atoms with Crippen molar-refractivity contribution in [1.29, 1.82) is 0 Å². The molecule has 0 bridgehead atoms. The van der Waals surface area contributed by atoms with Crippen molar-refractivity contribution in [3.8, 4) is 0 Å². The van der Waals surface area contributed by atoms with Crippen LogP contribution in [-0.2, 0) is 32.0 Å². The molecule has 3 atom stereocenters. The number of hydrogen-bond donors (Lipinski definition) is 2. The molecule has 1 aromatic carbocycles. The van der Waals surface area contributed by atoms with E-state index >= 15 is 4.39 Å². The van der Waals surface area contributed by atoms with E-state index in [9.17, 15) is 14.4 Å². The minimum atomic E-state index is -0.753. The van der Waals surface area contributed by atoms with Gasteiger partial charge in [-0.1, -0.05) is 6.07 Å². The zero-order chi connectivity index (χ0) is 26.1. The van der Waals surface area contributed by atoms with Gasteiger partial charge in [0.1, 0.15) is 11.9 Å². The summed E-state index contributed by atoms with van der Waals surface area (Å²) in [6.45, 7) is 4.85. The number of rotatable bonds is 7. The van der Waals surface area contributed by atoms with E-state index in [1.54, 1.807) is 12.1 Å². The Kier molecular flexibility index (Phi) is 7.93. The number of hydrogen-bond acceptors (Lipinski definition) is 6. The summed E-state index contributed by atoms with van der Waals surface area (Å²) in [5.74, 6) is -1.58. The lowest BCUT2D eigenvalue weighted by Gasteiger charge is -2.38. The van der Waals surface area contributed by atoms with Gasteiger partial charge in [-0.05, 0) is 70.4 Å². The van der Waals surface area contributed by atoms with Crippen LogP contribution in [0.3, 0.4) is 0 Å². The van der Waals surface area contributed by atoms with Gasteiger partial charge in [0.05, 0.1) is 24.9 Å². The van der Waals surface area contributed by atoms with Crippen molar-refractivity contribution < 1.29 is 28.2 Å². The van der Waals surface area contributed by atoms with Crippen LogP contribution in [0, 0.1) is 5.82 Å². The molecule has 0 spiro atoms. The molecule has 1 aromatic rings. The molecule has 202 valence electrons. The van der Waals surface area contributed by atoms with E-state index in [2.05, 4.69) is 24.5 Å². The van der Waals surface area contributed by atoms with Crippen LogP contribution in [-0.4, -0.2) is 65.7 Å². The van der Waals surface area contributed by atoms with Crippen LogP contribution in [0.15, 0.2) is 12.1 Å². The molecule has 3 amide bonds. The lowest BCUT2D eigenvalue weighted by atomic mass is 9.89. The monoisotopic (exact) mass is 515 g/mol. The van der Waals surface area contributed by atoms with Crippen LogP contribution >= 0.6 is 0 Å². The standard InChI is InChI=1S/C28H38FN3O5/c1-16(2)37-19-8-6-18(7-9-19)30-22-4-3-13-36-24(22)14-17-5-10-20-21(26(17)29)15-32(28(20)35)23-11-12-25(33)31-27(23)34/h5,10,16,18-19,22-24,30H,3-4,6-9,11-15H2,1-2H3,(H,31,33,34)/t18?,19?,22-,23?,24+/m0/s1. The van der Waals surface area contributed by atoms with Crippen LogP contribution in [0.4, 0.5) is 4.39 Å². The van der Waals surface area contributed by atoms with Gasteiger partial charge in [-0.3, -0.25) is 19.7 Å². The highest BCUT2D eigenvalue weighted by molar-refractivity contribution is 6.05. The van der Waals surface area contributed by atoms with Crippen molar-refractivity contribution in [2.45, 2.75) is 115 Å². The summed E-state index contributed by atoms with van der Waals surface area (Å²) in [6, 6.07) is 3.16. The summed E-state index contributed by atoms with van der Waals surface area (Å²) in [5, 5.41) is 6.09. The summed E-state index contributed by atoms with van der Waals surface area (Å²) >= 11 is 0. The highest BCUT2D eigenvalue weighted by atomic mass is 19.1. The van der Waals surface area contributed by atoms with Gasteiger partial charge in [0.15, 0.2) is 0 Å².